The number of carbonyl (C=O) groups is 1. The Kier molecular flexibility index (Phi) is 4.00. The number of esters is 1. The molecule has 2 heterocycles. The van der Waals surface area contributed by atoms with Crippen molar-refractivity contribution in [3.8, 4) is 0 Å². The first-order valence-electron chi connectivity index (χ1n) is 6.18. The molecule has 0 aliphatic carbocycles. The van der Waals surface area contributed by atoms with Crippen LogP contribution in [0.3, 0.4) is 0 Å². The summed E-state index contributed by atoms with van der Waals surface area (Å²) in [6.45, 7) is 1.40. The van der Waals surface area contributed by atoms with Crippen molar-refractivity contribution >= 4 is 15.8 Å². The topological polar surface area (TPSA) is 78.3 Å². The number of carbonyl (C=O) groups excluding carboxylic acids is 1. The number of rotatable bonds is 3. The summed E-state index contributed by atoms with van der Waals surface area (Å²) in [5, 5.41) is 3.56. The van der Waals surface area contributed by atoms with Crippen molar-refractivity contribution in [2.24, 2.45) is 0 Å². The average molecular weight is 326 g/mol. The molecule has 0 saturated carbocycles. The smallest absolute Gasteiger partial charge is 0.433 e. The van der Waals surface area contributed by atoms with Crippen molar-refractivity contribution in [2.45, 2.75) is 25.6 Å². The maximum Gasteiger partial charge on any atom is 0.433 e. The highest BCUT2D eigenvalue weighted by molar-refractivity contribution is 7.91. The molecule has 1 atom stereocenters. The summed E-state index contributed by atoms with van der Waals surface area (Å²) < 4.78 is 67.5. The second kappa shape index (κ2) is 5.32. The number of sulfone groups is 1. The van der Waals surface area contributed by atoms with Crippen LogP contribution in [-0.2, 0) is 20.8 Å². The summed E-state index contributed by atoms with van der Waals surface area (Å²) in [7, 11) is -3.37. The van der Waals surface area contributed by atoms with Crippen molar-refractivity contribution in [2.75, 3.05) is 18.1 Å². The zero-order valence-corrected chi connectivity index (χ0v) is 11.9. The fraction of sp³-hybridized carbons (Fsp3) is 0.636. The highest BCUT2D eigenvalue weighted by Gasteiger charge is 2.43. The predicted octanol–water partition coefficient (Wildman–Crippen LogP) is 1.44. The van der Waals surface area contributed by atoms with E-state index >= 15 is 0 Å². The minimum Gasteiger partial charge on any atom is -0.462 e. The van der Waals surface area contributed by atoms with E-state index in [1.54, 1.807) is 0 Å². The van der Waals surface area contributed by atoms with Crippen molar-refractivity contribution in [3.63, 3.8) is 0 Å². The van der Waals surface area contributed by atoms with Gasteiger partial charge in [-0.25, -0.2) is 13.2 Å². The van der Waals surface area contributed by atoms with Gasteiger partial charge >= 0.3 is 12.1 Å². The van der Waals surface area contributed by atoms with E-state index in [1.807, 2.05) is 0 Å². The van der Waals surface area contributed by atoms with Crippen LogP contribution in [0.4, 0.5) is 13.2 Å². The first-order valence-corrected chi connectivity index (χ1v) is 8.00. The van der Waals surface area contributed by atoms with Gasteiger partial charge < -0.3 is 4.74 Å². The average Bonchev–Trinajstić information content (AvgIpc) is 2.91. The van der Waals surface area contributed by atoms with Crippen LogP contribution >= 0.6 is 0 Å². The molecule has 1 saturated heterocycles. The maximum atomic E-state index is 13.2. The maximum absolute atomic E-state index is 13.2. The lowest BCUT2D eigenvalue weighted by Crippen LogP contribution is -2.23. The number of halogens is 3. The molecular weight excluding hydrogens is 313 g/mol. The Hall–Kier alpha value is -1.58. The number of alkyl halides is 3. The van der Waals surface area contributed by atoms with E-state index in [0.29, 0.717) is 4.68 Å². The van der Waals surface area contributed by atoms with E-state index in [0.717, 1.165) is 6.20 Å². The Morgan fingerprint density at radius 3 is 2.67 bits per heavy atom. The first-order chi connectivity index (χ1) is 9.65. The third-order valence-corrected chi connectivity index (χ3v) is 4.86. The van der Waals surface area contributed by atoms with Gasteiger partial charge in [-0.1, -0.05) is 0 Å². The zero-order valence-electron chi connectivity index (χ0n) is 11.1. The van der Waals surface area contributed by atoms with Gasteiger partial charge in [-0.15, -0.1) is 0 Å². The van der Waals surface area contributed by atoms with E-state index < -0.39 is 45.0 Å². The molecule has 0 spiro atoms. The molecule has 1 fully saturated rings. The lowest BCUT2D eigenvalue weighted by Gasteiger charge is -2.16. The van der Waals surface area contributed by atoms with Gasteiger partial charge in [0.1, 0.15) is 5.56 Å². The number of hydrogen-bond donors (Lipinski definition) is 0. The van der Waals surface area contributed by atoms with Crippen molar-refractivity contribution < 1.29 is 31.1 Å². The number of nitrogens with zero attached hydrogens (tertiary/aromatic N) is 2. The van der Waals surface area contributed by atoms with Crippen LogP contribution in [0.2, 0.25) is 0 Å². The largest absolute Gasteiger partial charge is 0.462 e. The van der Waals surface area contributed by atoms with E-state index in [1.165, 1.54) is 6.92 Å². The lowest BCUT2D eigenvalue weighted by molar-refractivity contribution is -0.145. The van der Waals surface area contributed by atoms with Crippen LogP contribution in [0.15, 0.2) is 6.20 Å². The molecule has 1 unspecified atom stereocenters. The highest BCUT2D eigenvalue weighted by Crippen LogP contribution is 2.36. The van der Waals surface area contributed by atoms with Crippen molar-refractivity contribution in [1.29, 1.82) is 0 Å². The zero-order chi connectivity index (χ0) is 15.8. The molecule has 2 rings (SSSR count). The summed E-state index contributed by atoms with van der Waals surface area (Å²) in [6, 6.07) is -0.921. The second-order valence-electron chi connectivity index (χ2n) is 4.63. The molecule has 118 valence electrons. The van der Waals surface area contributed by atoms with Gasteiger partial charge in [0.2, 0.25) is 0 Å². The molecule has 10 heteroatoms. The minimum atomic E-state index is -4.83. The molecule has 0 amide bonds. The van der Waals surface area contributed by atoms with Gasteiger partial charge in [-0.05, 0) is 13.3 Å². The van der Waals surface area contributed by atoms with Crippen LogP contribution < -0.4 is 0 Å². The van der Waals surface area contributed by atoms with E-state index in [2.05, 4.69) is 9.84 Å². The fourth-order valence-electron chi connectivity index (χ4n) is 2.25. The first kappa shape index (κ1) is 15.8. The van der Waals surface area contributed by atoms with Crippen LogP contribution in [0.1, 0.15) is 35.4 Å². The fourth-order valence-corrected chi connectivity index (χ4v) is 3.94. The van der Waals surface area contributed by atoms with E-state index in [-0.39, 0.29) is 18.8 Å². The molecule has 1 aliphatic rings. The second-order valence-corrected chi connectivity index (χ2v) is 6.86. The normalized spacial score (nSPS) is 21.4. The van der Waals surface area contributed by atoms with Crippen LogP contribution in [0.25, 0.3) is 0 Å². The molecular formula is C11H13F3N2O4S. The van der Waals surface area contributed by atoms with Gasteiger partial charge in [0.15, 0.2) is 15.5 Å². The van der Waals surface area contributed by atoms with E-state index in [9.17, 15) is 26.4 Å². The van der Waals surface area contributed by atoms with Crippen molar-refractivity contribution in [3.05, 3.63) is 17.5 Å². The molecule has 21 heavy (non-hydrogen) atoms. The van der Waals surface area contributed by atoms with Crippen LogP contribution in [0, 0.1) is 0 Å². The summed E-state index contributed by atoms with van der Waals surface area (Å²) in [4.78, 5) is 11.6. The molecule has 0 bridgehead atoms. The van der Waals surface area contributed by atoms with Gasteiger partial charge in [-0.2, -0.15) is 18.3 Å². The molecule has 1 aliphatic heterocycles. The van der Waals surface area contributed by atoms with Crippen LogP contribution in [-0.4, -0.2) is 42.3 Å². The molecule has 0 aromatic carbocycles. The standard InChI is InChI=1S/C11H13F3N2O4S/c1-2-20-10(17)8-5-15-16(9(8)11(12,13)14)7-3-4-21(18,19)6-7/h5,7H,2-4,6H2,1H3. The minimum absolute atomic E-state index is 0.0371. The lowest BCUT2D eigenvalue weighted by atomic mass is 10.2. The summed E-state index contributed by atoms with van der Waals surface area (Å²) in [6.07, 6.45) is -4.02. The van der Waals surface area contributed by atoms with E-state index in [4.69, 9.17) is 0 Å². The van der Waals surface area contributed by atoms with Crippen molar-refractivity contribution in [1.82, 2.24) is 9.78 Å². The summed E-state index contributed by atoms with van der Waals surface area (Å²) >= 11 is 0. The number of hydrogen-bond acceptors (Lipinski definition) is 5. The Bertz CT molecular complexity index is 651. The Balaban J connectivity index is 2.46. The van der Waals surface area contributed by atoms with Gasteiger partial charge in [0, 0.05) is 0 Å². The molecule has 0 N–H and O–H groups in total. The molecule has 1 aromatic rings. The summed E-state index contributed by atoms with van der Waals surface area (Å²) in [5.74, 6) is -1.74. The van der Waals surface area contributed by atoms with Gasteiger partial charge in [-0.3, -0.25) is 4.68 Å². The Morgan fingerprint density at radius 1 is 1.52 bits per heavy atom. The number of ether oxygens (including phenoxy) is 1. The SMILES string of the molecule is CCOC(=O)c1cnn(C2CCS(=O)(=O)C2)c1C(F)(F)F. The quantitative estimate of drug-likeness (QED) is 0.785. The van der Waals surface area contributed by atoms with Gasteiger partial charge in [0.25, 0.3) is 0 Å². The summed E-state index contributed by atoms with van der Waals surface area (Å²) in [5.41, 5.74) is -1.96. The van der Waals surface area contributed by atoms with Crippen LogP contribution in [0.5, 0.6) is 0 Å². The molecule has 6 nitrogen and oxygen atoms in total. The highest BCUT2D eigenvalue weighted by atomic mass is 32.2. The third kappa shape index (κ3) is 3.20. The third-order valence-electron chi connectivity index (χ3n) is 3.11. The Labute approximate surface area is 118 Å². The number of aromatic nitrogens is 2. The molecule has 1 aromatic heterocycles. The predicted molar refractivity (Wildman–Crippen MR) is 65.5 cm³/mol. The molecule has 0 radical (unpaired) electrons. The Morgan fingerprint density at radius 2 is 2.19 bits per heavy atom. The van der Waals surface area contributed by atoms with Gasteiger partial charge in [0.05, 0.1) is 30.4 Å². The monoisotopic (exact) mass is 326 g/mol.